The van der Waals surface area contributed by atoms with Gasteiger partial charge in [0.2, 0.25) is 0 Å². The van der Waals surface area contributed by atoms with E-state index < -0.39 is 11.9 Å². The molecule has 0 bridgehead atoms. The summed E-state index contributed by atoms with van der Waals surface area (Å²) in [4.78, 5) is 20.8. The molecule has 1 rings (SSSR count). The van der Waals surface area contributed by atoms with Crippen LogP contribution >= 0.6 is 0 Å². The van der Waals surface area contributed by atoms with Crippen molar-refractivity contribution in [1.82, 2.24) is 0 Å². The second kappa shape index (κ2) is 7.48. The van der Waals surface area contributed by atoms with Gasteiger partial charge < -0.3 is 10.2 Å². The smallest absolute Gasteiger partial charge is 0.303 e. The van der Waals surface area contributed by atoms with Crippen LogP contribution in [0.25, 0.3) is 0 Å². The van der Waals surface area contributed by atoms with Crippen LogP contribution in [-0.4, -0.2) is 22.2 Å². The lowest BCUT2D eigenvalue weighted by Gasteiger charge is -2.04. The van der Waals surface area contributed by atoms with Crippen molar-refractivity contribution in [2.24, 2.45) is 0 Å². The average molecular weight is 249 g/mol. The number of rotatable bonds is 8. The van der Waals surface area contributed by atoms with Gasteiger partial charge in [-0.05, 0) is 42.9 Å². The number of hydrogen-bond acceptors (Lipinski definition) is 2. The van der Waals surface area contributed by atoms with Gasteiger partial charge in [0.05, 0.1) is 0 Å². The fourth-order valence-electron chi connectivity index (χ4n) is 1.74. The van der Waals surface area contributed by atoms with Crippen LogP contribution < -0.4 is 0 Å². The summed E-state index contributed by atoms with van der Waals surface area (Å²) in [5, 5.41) is 17.1. The van der Waals surface area contributed by atoms with Crippen molar-refractivity contribution < 1.29 is 19.8 Å². The lowest BCUT2D eigenvalue weighted by molar-refractivity contribution is -0.138. The van der Waals surface area contributed by atoms with E-state index in [0.29, 0.717) is 19.3 Å². The van der Waals surface area contributed by atoms with Crippen LogP contribution in [0.15, 0.2) is 18.2 Å². The minimum Gasteiger partial charge on any atom is -0.481 e. The Morgan fingerprint density at radius 1 is 1.06 bits per heavy atom. The lowest BCUT2D eigenvalue weighted by Crippen LogP contribution is -1.98. The molecule has 97 valence electrons. The molecular weight excluding hydrogens is 232 g/mol. The van der Waals surface area contributed by atoms with Crippen LogP contribution in [0.5, 0.6) is 0 Å². The minimum absolute atomic E-state index is 0.164. The fourth-order valence-corrected chi connectivity index (χ4v) is 1.74. The van der Waals surface area contributed by atoms with Gasteiger partial charge in [-0.15, -0.1) is 0 Å². The molecule has 0 atom stereocenters. The van der Waals surface area contributed by atoms with Crippen LogP contribution in [0, 0.1) is 6.07 Å². The van der Waals surface area contributed by atoms with Gasteiger partial charge in [0.15, 0.2) is 0 Å². The summed E-state index contributed by atoms with van der Waals surface area (Å²) in [7, 11) is 0. The topological polar surface area (TPSA) is 74.6 Å². The Bertz CT molecular complexity index is 377. The highest BCUT2D eigenvalue weighted by atomic mass is 16.4. The summed E-state index contributed by atoms with van der Waals surface area (Å²) in [6.45, 7) is 0. The van der Waals surface area contributed by atoms with Crippen molar-refractivity contribution in [3.63, 3.8) is 0 Å². The number of carbonyl (C=O) groups is 2. The molecule has 0 saturated carbocycles. The quantitative estimate of drug-likeness (QED) is 0.741. The zero-order valence-corrected chi connectivity index (χ0v) is 10.2. The van der Waals surface area contributed by atoms with Gasteiger partial charge in [0.25, 0.3) is 0 Å². The molecule has 18 heavy (non-hydrogen) atoms. The number of aliphatic carboxylic acids is 2. The number of hydrogen-bond donors (Lipinski definition) is 2. The van der Waals surface area contributed by atoms with E-state index in [4.69, 9.17) is 10.2 Å². The van der Waals surface area contributed by atoms with E-state index in [0.717, 1.165) is 17.5 Å². The maximum Gasteiger partial charge on any atom is 0.303 e. The van der Waals surface area contributed by atoms with Gasteiger partial charge in [0.1, 0.15) is 0 Å². The molecule has 0 unspecified atom stereocenters. The first-order valence-corrected chi connectivity index (χ1v) is 6.01. The van der Waals surface area contributed by atoms with E-state index in [-0.39, 0.29) is 12.8 Å². The van der Waals surface area contributed by atoms with E-state index in [9.17, 15) is 9.59 Å². The van der Waals surface area contributed by atoms with Crippen LogP contribution in [-0.2, 0) is 22.4 Å². The SMILES string of the molecule is O=C(O)CCCc1[c]ccc(CCCC(=O)O)c1. The molecule has 4 nitrogen and oxygen atoms in total. The number of benzene rings is 1. The molecule has 4 heteroatoms. The highest BCUT2D eigenvalue weighted by molar-refractivity contribution is 5.66. The predicted octanol–water partition coefficient (Wildman–Crippen LogP) is 2.30. The van der Waals surface area contributed by atoms with Gasteiger partial charge in [-0.1, -0.05) is 18.2 Å². The zero-order chi connectivity index (χ0) is 13.4. The number of carboxylic acids is 2. The Morgan fingerprint density at radius 3 is 2.28 bits per heavy atom. The summed E-state index contributed by atoms with van der Waals surface area (Å²) < 4.78 is 0. The normalized spacial score (nSPS) is 10.2. The summed E-state index contributed by atoms with van der Waals surface area (Å²) in [6.07, 6.45) is 2.98. The van der Waals surface area contributed by atoms with Gasteiger partial charge in [0, 0.05) is 12.8 Å². The van der Waals surface area contributed by atoms with Crippen LogP contribution in [0.2, 0.25) is 0 Å². The first-order valence-electron chi connectivity index (χ1n) is 6.01. The summed E-state index contributed by atoms with van der Waals surface area (Å²) >= 11 is 0. The van der Waals surface area contributed by atoms with Crippen molar-refractivity contribution in [2.75, 3.05) is 0 Å². The van der Waals surface area contributed by atoms with E-state index >= 15 is 0 Å². The molecule has 2 N–H and O–H groups in total. The van der Waals surface area contributed by atoms with Crippen molar-refractivity contribution in [3.05, 3.63) is 35.4 Å². The molecular formula is C14H17O4. The maximum atomic E-state index is 10.4. The third kappa shape index (κ3) is 6.03. The summed E-state index contributed by atoms with van der Waals surface area (Å²) in [6, 6.07) is 8.78. The Labute approximate surface area is 106 Å². The van der Waals surface area contributed by atoms with Crippen LogP contribution in [0.1, 0.15) is 36.8 Å². The van der Waals surface area contributed by atoms with Gasteiger partial charge >= 0.3 is 11.9 Å². The van der Waals surface area contributed by atoms with Gasteiger partial charge in [-0.3, -0.25) is 9.59 Å². The zero-order valence-electron chi connectivity index (χ0n) is 10.2. The third-order valence-electron chi connectivity index (χ3n) is 2.62. The highest BCUT2D eigenvalue weighted by Crippen LogP contribution is 2.11. The molecule has 0 aliphatic heterocycles. The van der Waals surface area contributed by atoms with E-state index in [2.05, 4.69) is 6.07 Å². The molecule has 1 radical (unpaired) electrons. The van der Waals surface area contributed by atoms with E-state index in [1.165, 1.54) is 0 Å². The molecule has 1 aromatic carbocycles. The molecule has 0 amide bonds. The van der Waals surface area contributed by atoms with Crippen molar-refractivity contribution >= 4 is 11.9 Å². The van der Waals surface area contributed by atoms with Gasteiger partial charge in [-0.2, -0.15) is 0 Å². The molecule has 0 aliphatic rings. The fraction of sp³-hybridized carbons (Fsp3) is 0.429. The first kappa shape index (κ1) is 14.2. The predicted molar refractivity (Wildman–Crippen MR) is 66.4 cm³/mol. The lowest BCUT2D eigenvalue weighted by atomic mass is 10.0. The Balaban J connectivity index is 2.41. The molecule has 0 spiro atoms. The maximum absolute atomic E-state index is 10.4. The second-order valence-corrected chi connectivity index (χ2v) is 4.22. The van der Waals surface area contributed by atoms with Crippen molar-refractivity contribution in [1.29, 1.82) is 0 Å². The monoisotopic (exact) mass is 249 g/mol. The second-order valence-electron chi connectivity index (χ2n) is 4.22. The Hall–Kier alpha value is -1.84. The third-order valence-corrected chi connectivity index (χ3v) is 2.62. The highest BCUT2D eigenvalue weighted by Gasteiger charge is 2.01. The first-order chi connectivity index (χ1) is 8.58. The minimum atomic E-state index is -0.785. The van der Waals surface area contributed by atoms with Crippen LogP contribution in [0.4, 0.5) is 0 Å². The molecule has 0 fully saturated rings. The molecule has 0 heterocycles. The average Bonchev–Trinajstić information content (AvgIpc) is 2.28. The van der Waals surface area contributed by atoms with E-state index in [1.807, 2.05) is 18.2 Å². The van der Waals surface area contributed by atoms with E-state index in [1.54, 1.807) is 0 Å². The molecule has 1 aromatic rings. The van der Waals surface area contributed by atoms with Gasteiger partial charge in [-0.25, -0.2) is 0 Å². The molecule has 0 aromatic heterocycles. The molecule has 0 saturated heterocycles. The molecule has 0 aliphatic carbocycles. The van der Waals surface area contributed by atoms with Crippen molar-refractivity contribution in [2.45, 2.75) is 38.5 Å². The summed E-state index contributed by atoms with van der Waals surface area (Å²) in [5.41, 5.74) is 2.07. The van der Waals surface area contributed by atoms with Crippen molar-refractivity contribution in [3.8, 4) is 0 Å². The Morgan fingerprint density at radius 2 is 1.67 bits per heavy atom. The number of aryl methyl sites for hydroxylation is 2. The Kier molecular flexibility index (Phi) is 5.91. The number of carboxylic acid groups (broad SMARTS) is 2. The van der Waals surface area contributed by atoms with Crippen LogP contribution in [0.3, 0.4) is 0 Å². The standard InChI is InChI=1S/C14H17O4/c15-13(16)8-2-6-11-4-1-5-12(10-11)7-3-9-14(17)18/h1,4,10H,2-3,6-9H2,(H,15,16)(H,17,18). The summed E-state index contributed by atoms with van der Waals surface area (Å²) in [5.74, 6) is -1.56. The largest absolute Gasteiger partial charge is 0.481 e.